The Hall–Kier alpha value is -0.0800. The van der Waals surface area contributed by atoms with Gasteiger partial charge in [-0.1, -0.05) is 20.8 Å². The van der Waals surface area contributed by atoms with Crippen LogP contribution in [0.25, 0.3) is 0 Å². The van der Waals surface area contributed by atoms with Crippen LogP contribution in [0.15, 0.2) is 0 Å². The van der Waals surface area contributed by atoms with Gasteiger partial charge < -0.3 is 10.1 Å². The Morgan fingerprint density at radius 1 is 1.56 bits per heavy atom. The first kappa shape index (κ1) is 8.92. The van der Waals surface area contributed by atoms with Gasteiger partial charge in [0.15, 0.2) is 0 Å². The van der Waals surface area contributed by atoms with Crippen molar-refractivity contribution in [1.29, 1.82) is 0 Å². The Bertz CT molecular complexity index is 57.6. The van der Waals surface area contributed by atoms with E-state index in [0.29, 0.717) is 6.04 Å². The smallest absolute Gasteiger partial charge is 0.0643 e. The standard InChI is InChI=1S/C5H11NO.C2H6.H2/c1-2-6-5-3-7-4-5;1-2;/h5-6H,2-4H2,1H3;1-2H3;1H. The zero-order valence-corrected chi connectivity index (χ0v) is 6.61. The zero-order valence-electron chi connectivity index (χ0n) is 6.61. The summed E-state index contributed by atoms with van der Waals surface area (Å²) in [5.41, 5.74) is 0. The third-order valence-electron chi connectivity index (χ3n) is 1.13. The van der Waals surface area contributed by atoms with Crippen molar-refractivity contribution in [2.75, 3.05) is 19.8 Å². The molecular formula is C7H19NO. The van der Waals surface area contributed by atoms with Crippen molar-refractivity contribution in [2.45, 2.75) is 26.8 Å². The molecular weight excluding hydrogens is 114 g/mol. The van der Waals surface area contributed by atoms with Gasteiger partial charge in [-0.25, -0.2) is 0 Å². The van der Waals surface area contributed by atoms with Crippen molar-refractivity contribution in [3.8, 4) is 0 Å². The first-order valence-electron chi connectivity index (χ1n) is 3.74. The minimum absolute atomic E-state index is 0. The highest BCUT2D eigenvalue weighted by Crippen LogP contribution is 1.97. The zero-order chi connectivity index (χ0) is 7.11. The maximum absolute atomic E-state index is 4.92. The van der Waals surface area contributed by atoms with Crippen LogP contribution in [0, 0.1) is 0 Å². The molecule has 1 aliphatic rings. The van der Waals surface area contributed by atoms with E-state index in [2.05, 4.69) is 12.2 Å². The number of nitrogens with one attached hydrogen (secondary N) is 1. The molecule has 2 nitrogen and oxygen atoms in total. The van der Waals surface area contributed by atoms with Crippen molar-refractivity contribution in [1.82, 2.24) is 5.32 Å². The van der Waals surface area contributed by atoms with Gasteiger partial charge in [0.25, 0.3) is 0 Å². The van der Waals surface area contributed by atoms with Gasteiger partial charge in [0, 0.05) is 1.43 Å². The Labute approximate surface area is 59.1 Å². The first-order chi connectivity index (χ1) is 4.43. The Kier molecular flexibility index (Phi) is 5.99. The molecule has 0 spiro atoms. The molecule has 2 heteroatoms. The van der Waals surface area contributed by atoms with E-state index in [0.717, 1.165) is 19.8 Å². The average molecular weight is 133 g/mol. The van der Waals surface area contributed by atoms with Crippen LogP contribution in [0.3, 0.4) is 0 Å². The molecule has 0 saturated carbocycles. The van der Waals surface area contributed by atoms with Gasteiger partial charge >= 0.3 is 0 Å². The van der Waals surface area contributed by atoms with E-state index in [4.69, 9.17) is 4.74 Å². The largest absolute Gasteiger partial charge is 0.378 e. The first-order valence-corrected chi connectivity index (χ1v) is 3.74. The van der Waals surface area contributed by atoms with Crippen LogP contribution in [0.4, 0.5) is 0 Å². The van der Waals surface area contributed by atoms with Crippen molar-refractivity contribution in [3.05, 3.63) is 0 Å². The van der Waals surface area contributed by atoms with Crippen LogP contribution in [-0.2, 0) is 4.74 Å². The molecule has 0 aromatic rings. The van der Waals surface area contributed by atoms with E-state index < -0.39 is 0 Å². The van der Waals surface area contributed by atoms with Crippen LogP contribution in [0.5, 0.6) is 0 Å². The molecule has 0 aliphatic carbocycles. The lowest BCUT2D eigenvalue weighted by Gasteiger charge is -2.26. The number of likely N-dealkylation sites (N-methyl/N-ethyl adjacent to an activating group) is 1. The highest BCUT2D eigenvalue weighted by Gasteiger charge is 2.15. The molecule has 1 saturated heterocycles. The minimum Gasteiger partial charge on any atom is -0.378 e. The molecule has 1 heterocycles. The molecule has 0 unspecified atom stereocenters. The fourth-order valence-electron chi connectivity index (χ4n) is 0.642. The van der Waals surface area contributed by atoms with Crippen LogP contribution in [0.1, 0.15) is 22.2 Å². The van der Waals surface area contributed by atoms with Gasteiger partial charge in [0.05, 0.1) is 19.3 Å². The van der Waals surface area contributed by atoms with Gasteiger partial charge in [-0.2, -0.15) is 0 Å². The Morgan fingerprint density at radius 2 is 2.11 bits per heavy atom. The molecule has 1 N–H and O–H groups in total. The second-order valence-electron chi connectivity index (χ2n) is 1.79. The SMILES string of the molecule is CC.CCNC1COC1.[HH]. The van der Waals surface area contributed by atoms with E-state index in [1.165, 1.54) is 0 Å². The third-order valence-corrected chi connectivity index (χ3v) is 1.13. The monoisotopic (exact) mass is 133 g/mol. The lowest BCUT2D eigenvalue weighted by Crippen LogP contribution is -2.45. The van der Waals surface area contributed by atoms with Crippen LogP contribution < -0.4 is 5.32 Å². The normalized spacial score (nSPS) is 17.7. The Morgan fingerprint density at radius 3 is 2.22 bits per heavy atom. The molecule has 0 atom stereocenters. The number of ether oxygens (including phenoxy) is 1. The van der Waals surface area contributed by atoms with E-state index in [-0.39, 0.29) is 1.43 Å². The number of hydrogen-bond acceptors (Lipinski definition) is 2. The van der Waals surface area contributed by atoms with Gasteiger partial charge in [0.2, 0.25) is 0 Å². The highest BCUT2D eigenvalue weighted by molar-refractivity contribution is 4.70. The summed E-state index contributed by atoms with van der Waals surface area (Å²) in [6, 6.07) is 0.657. The lowest BCUT2D eigenvalue weighted by molar-refractivity contribution is -0.00418. The molecule has 1 fully saturated rings. The summed E-state index contributed by atoms with van der Waals surface area (Å²) in [5.74, 6) is 0. The molecule has 0 bridgehead atoms. The van der Waals surface area contributed by atoms with Crippen molar-refractivity contribution in [2.24, 2.45) is 0 Å². The Balaban J connectivity index is 0. The lowest BCUT2D eigenvalue weighted by atomic mass is 10.3. The fourth-order valence-corrected chi connectivity index (χ4v) is 0.642. The molecule has 9 heavy (non-hydrogen) atoms. The van der Waals surface area contributed by atoms with Crippen LogP contribution in [0.2, 0.25) is 0 Å². The van der Waals surface area contributed by atoms with Crippen molar-refractivity contribution < 1.29 is 6.16 Å². The maximum Gasteiger partial charge on any atom is 0.0643 e. The maximum atomic E-state index is 4.92. The number of hydrogen-bond donors (Lipinski definition) is 1. The van der Waals surface area contributed by atoms with E-state index in [9.17, 15) is 0 Å². The summed E-state index contributed by atoms with van der Waals surface area (Å²) >= 11 is 0. The number of rotatable bonds is 2. The minimum atomic E-state index is 0. The predicted molar refractivity (Wildman–Crippen MR) is 41.7 cm³/mol. The molecule has 0 radical (unpaired) electrons. The molecule has 0 aromatic heterocycles. The molecule has 1 aliphatic heterocycles. The summed E-state index contributed by atoms with van der Waals surface area (Å²) in [6.45, 7) is 8.99. The predicted octanol–water partition coefficient (Wildman–Crippen LogP) is 1.27. The molecule has 58 valence electrons. The topological polar surface area (TPSA) is 21.3 Å². The van der Waals surface area contributed by atoms with Crippen LogP contribution in [-0.4, -0.2) is 25.8 Å². The van der Waals surface area contributed by atoms with Gasteiger partial charge in [-0.05, 0) is 6.54 Å². The second kappa shape index (κ2) is 6.05. The van der Waals surface area contributed by atoms with E-state index >= 15 is 0 Å². The van der Waals surface area contributed by atoms with Gasteiger partial charge in [-0.15, -0.1) is 0 Å². The van der Waals surface area contributed by atoms with Gasteiger partial charge in [0.1, 0.15) is 0 Å². The third kappa shape index (κ3) is 3.49. The fraction of sp³-hybridized carbons (Fsp3) is 1.00. The van der Waals surface area contributed by atoms with E-state index in [1.54, 1.807) is 0 Å². The van der Waals surface area contributed by atoms with Crippen molar-refractivity contribution >= 4 is 0 Å². The summed E-state index contributed by atoms with van der Waals surface area (Å²) in [6.07, 6.45) is 0. The molecule has 0 aromatic carbocycles. The summed E-state index contributed by atoms with van der Waals surface area (Å²) < 4.78 is 4.92. The summed E-state index contributed by atoms with van der Waals surface area (Å²) in [5, 5.41) is 3.26. The summed E-state index contributed by atoms with van der Waals surface area (Å²) in [7, 11) is 0. The van der Waals surface area contributed by atoms with Crippen molar-refractivity contribution in [3.63, 3.8) is 0 Å². The second-order valence-corrected chi connectivity index (χ2v) is 1.79. The average Bonchev–Trinajstić information content (AvgIpc) is 1.84. The summed E-state index contributed by atoms with van der Waals surface area (Å²) in [4.78, 5) is 0. The molecule has 0 amide bonds. The molecule has 1 rings (SSSR count). The quantitative estimate of drug-likeness (QED) is 0.612. The van der Waals surface area contributed by atoms with E-state index in [1.807, 2.05) is 13.8 Å². The highest BCUT2D eigenvalue weighted by atomic mass is 16.5. The van der Waals surface area contributed by atoms with Crippen LogP contribution >= 0.6 is 0 Å². The van der Waals surface area contributed by atoms with Gasteiger partial charge in [-0.3, -0.25) is 0 Å².